The molecule has 6 heteroatoms. The average Bonchev–Trinajstić information content (AvgIpc) is 2.86. The minimum Gasteiger partial charge on any atom is -0.477 e. The normalized spacial score (nSPS) is 17.3. The molecule has 1 aliphatic rings. The second-order valence-corrected chi connectivity index (χ2v) is 4.17. The molecule has 3 rings (SSSR count). The van der Waals surface area contributed by atoms with Crippen molar-refractivity contribution in [3.05, 3.63) is 59.7 Å². The number of hydrogen-bond acceptors (Lipinski definition) is 3. The maximum absolute atomic E-state index is 13.0. The van der Waals surface area contributed by atoms with Crippen LogP contribution in [-0.2, 0) is 4.79 Å². The van der Waals surface area contributed by atoms with E-state index in [0.717, 1.165) is 5.56 Å². The number of allylic oxidation sites excluding steroid dienone is 1. The summed E-state index contributed by atoms with van der Waals surface area (Å²) in [4.78, 5) is 11.1. The van der Waals surface area contributed by atoms with Crippen molar-refractivity contribution in [1.82, 2.24) is 9.78 Å². The lowest BCUT2D eigenvalue weighted by Gasteiger charge is -2.23. The molecule has 96 valence electrons. The number of carbonyl (C=O) groups is 1. The number of aliphatic carboxylic acids is 1. The molecule has 1 atom stereocenters. The zero-order valence-electron chi connectivity index (χ0n) is 9.75. The topological polar surface area (TPSA) is 67.1 Å². The van der Waals surface area contributed by atoms with E-state index < -0.39 is 5.97 Å². The van der Waals surface area contributed by atoms with Gasteiger partial charge in [0.1, 0.15) is 17.3 Å². The Hall–Kier alpha value is -2.63. The Bertz CT molecular complexity index is 661. The summed E-state index contributed by atoms with van der Waals surface area (Å²) in [5.74, 6) is -0.783. The standard InChI is InChI=1S/C13H10FN3O2/c14-9-3-1-8(2-4-9)11-7-10(13(18)19)16-12-5-6-15-17(11)12/h1-7,11,16H,(H,18,19). The number of anilines is 1. The zero-order chi connectivity index (χ0) is 13.4. The number of carboxylic acids is 1. The van der Waals surface area contributed by atoms with E-state index in [1.165, 1.54) is 12.1 Å². The van der Waals surface area contributed by atoms with Crippen LogP contribution in [-0.4, -0.2) is 20.9 Å². The number of hydrogen-bond donors (Lipinski definition) is 2. The van der Waals surface area contributed by atoms with Crippen LogP contribution in [0, 0.1) is 5.82 Å². The number of nitrogens with one attached hydrogen (secondary N) is 1. The molecule has 19 heavy (non-hydrogen) atoms. The number of benzene rings is 1. The molecule has 0 radical (unpaired) electrons. The maximum atomic E-state index is 13.0. The third-order valence-electron chi connectivity index (χ3n) is 2.96. The van der Waals surface area contributed by atoms with E-state index >= 15 is 0 Å². The highest BCUT2D eigenvalue weighted by Gasteiger charge is 2.24. The van der Waals surface area contributed by atoms with Crippen LogP contribution in [0.15, 0.2) is 48.3 Å². The molecule has 0 saturated heterocycles. The Labute approximate surface area is 108 Å². The Morgan fingerprint density at radius 3 is 2.74 bits per heavy atom. The van der Waals surface area contributed by atoms with Gasteiger partial charge < -0.3 is 10.4 Å². The van der Waals surface area contributed by atoms with E-state index in [-0.39, 0.29) is 17.6 Å². The molecule has 1 aromatic carbocycles. The van der Waals surface area contributed by atoms with E-state index in [1.54, 1.807) is 35.2 Å². The minimum atomic E-state index is -1.04. The summed E-state index contributed by atoms with van der Waals surface area (Å²) >= 11 is 0. The van der Waals surface area contributed by atoms with Gasteiger partial charge in [-0.15, -0.1) is 0 Å². The van der Waals surface area contributed by atoms with Crippen LogP contribution in [0.3, 0.4) is 0 Å². The summed E-state index contributed by atoms with van der Waals surface area (Å²) in [6.07, 6.45) is 3.13. The fourth-order valence-electron chi connectivity index (χ4n) is 2.07. The van der Waals surface area contributed by atoms with Crippen molar-refractivity contribution in [2.45, 2.75) is 6.04 Å². The van der Waals surface area contributed by atoms with E-state index in [9.17, 15) is 9.18 Å². The summed E-state index contributed by atoms with van der Waals surface area (Å²) in [6.45, 7) is 0. The Balaban J connectivity index is 2.09. The molecule has 0 spiro atoms. The van der Waals surface area contributed by atoms with Gasteiger partial charge in [0.2, 0.25) is 0 Å². The molecule has 0 saturated carbocycles. The second-order valence-electron chi connectivity index (χ2n) is 4.17. The van der Waals surface area contributed by atoms with Crippen molar-refractivity contribution in [2.75, 3.05) is 5.32 Å². The molecule has 1 aromatic heterocycles. The Morgan fingerprint density at radius 2 is 2.05 bits per heavy atom. The van der Waals surface area contributed by atoms with Crippen LogP contribution in [0.4, 0.5) is 10.2 Å². The van der Waals surface area contributed by atoms with Crippen LogP contribution >= 0.6 is 0 Å². The van der Waals surface area contributed by atoms with Crippen molar-refractivity contribution in [3.63, 3.8) is 0 Å². The van der Waals surface area contributed by atoms with Gasteiger partial charge in [0.25, 0.3) is 0 Å². The molecule has 0 aliphatic carbocycles. The van der Waals surface area contributed by atoms with Gasteiger partial charge in [-0.3, -0.25) is 0 Å². The molecule has 1 aliphatic heterocycles. The van der Waals surface area contributed by atoms with Crippen molar-refractivity contribution < 1.29 is 14.3 Å². The number of fused-ring (bicyclic) bond motifs is 1. The van der Waals surface area contributed by atoms with Crippen molar-refractivity contribution >= 4 is 11.8 Å². The molecule has 0 amide bonds. The van der Waals surface area contributed by atoms with Gasteiger partial charge in [0, 0.05) is 6.07 Å². The van der Waals surface area contributed by atoms with Crippen molar-refractivity contribution in [2.24, 2.45) is 0 Å². The largest absolute Gasteiger partial charge is 0.477 e. The SMILES string of the molecule is O=C(O)C1=CC(c2ccc(F)cc2)n2nccc2N1. The summed E-state index contributed by atoms with van der Waals surface area (Å²) in [6, 6.07) is 7.24. The monoisotopic (exact) mass is 259 g/mol. The van der Waals surface area contributed by atoms with E-state index in [0.29, 0.717) is 5.82 Å². The van der Waals surface area contributed by atoms with Gasteiger partial charge in [-0.25, -0.2) is 13.9 Å². The third kappa shape index (κ3) is 1.97. The first-order chi connectivity index (χ1) is 9.15. The molecule has 2 heterocycles. The number of nitrogens with zero attached hydrogens (tertiary/aromatic N) is 2. The summed E-state index contributed by atoms with van der Waals surface area (Å²) < 4.78 is 14.6. The van der Waals surface area contributed by atoms with Gasteiger partial charge in [-0.1, -0.05) is 12.1 Å². The lowest BCUT2D eigenvalue weighted by molar-refractivity contribution is -0.132. The third-order valence-corrected chi connectivity index (χ3v) is 2.96. The lowest BCUT2D eigenvalue weighted by atomic mass is 10.0. The molecule has 2 N–H and O–H groups in total. The average molecular weight is 259 g/mol. The number of carboxylic acid groups (broad SMARTS) is 1. The Morgan fingerprint density at radius 1 is 1.32 bits per heavy atom. The van der Waals surface area contributed by atoms with E-state index in [1.807, 2.05) is 0 Å². The molecule has 2 aromatic rings. The second kappa shape index (κ2) is 4.24. The highest BCUT2D eigenvalue weighted by molar-refractivity contribution is 5.90. The predicted octanol–water partition coefficient (Wildman–Crippen LogP) is 2.01. The summed E-state index contributed by atoms with van der Waals surface area (Å²) in [5, 5.41) is 16.0. The lowest BCUT2D eigenvalue weighted by Crippen LogP contribution is -2.23. The van der Waals surface area contributed by atoms with Crippen LogP contribution in [0.1, 0.15) is 11.6 Å². The first-order valence-corrected chi connectivity index (χ1v) is 5.66. The van der Waals surface area contributed by atoms with Crippen LogP contribution < -0.4 is 5.32 Å². The minimum absolute atomic E-state index is 0.0855. The van der Waals surface area contributed by atoms with Crippen LogP contribution in [0.25, 0.3) is 0 Å². The molecule has 1 unspecified atom stereocenters. The molecular formula is C13H10FN3O2. The predicted molar refractivity (Wildman–Crippen MR) is 66.1 cm³/mol. The first-order valence-electron chi connectivity index (χ1n) is 5.66. The van der Waals surface area contributed by atoms with Crippen LogP contribution in [0.5, 0.6) is 0 Å². The van der Waals surface area contributed by atoms with E-state index in [4.69, 9.17) is 5.11 Å². The van der Waals surface area contributed by atoms with E-state index in [2.05, 4.69) is 10.4 Å². The van der Waals surface area contributed by atoms with Crippen molar-refractivity contribution in [3.8, 4) is 0 Å². The smallest absolute Gasteiger partial charge is 0.352 e. The highest BCUT2D eigenvalue weighted by Crippen LogP contribution is 2.29. The zero-order valence-corrected chi connectivity index (χ0v) is 9.75. The summed E-state index contributed by atoms with van der Waals surface area (Å²) in [7, 11) is 0. The van der Waals surface area contributed by atoms with Gasteiger partial charge >= 0.3 is 5.97 Å². The molecular weight excluding hydrogens is 249 g/mol. The number of halogens is 1. The highest BCUT2D eigenvalue weighted by atomic mass is 19.1. The van der Waals surface area contributed by atoms with Gasteiger partial charge in [-0.2, -0.15) is 5.10 Å². The Kier molecular flexibility index (Phi) is 2.56. The molecule has 5 nitrogen and oxygen atoms in total. The van der Waals surface area contributed by atoms with Crippen molar-refractivity contribution in [1.29, 1.82) is 0 Å². The quantitative estimate of drug-likeness (QED) is 0.865. The molecule has 0 fully saturated rings. The number of rotatable bonds is 2. The van der Waals surface area contributed by atoms with Crippen LogP contribution in [0.2, 0.25) is 0 Å². The maximum Gasteiger partial charge on any atom is 0.352 e. The van der Waals surface area contributed by atoms with Gasteiger partial charge in [-0.05, 0) is 23.8 Å². The fraction of sp³-hybridized carbons (Fsp3) is 0.0769. The van der Waals surface area contributed by atoms with Gasteiger partial charge in [0.15, 0.2) is 0 Å². The van der Waals surface area contributed by atoms with Gasteiger partial charge in [0.05, 0.1) is 12.2 Å². The summed E-state index contributed by atoms with van der Waals surface area (Å²) in [5.41, 5.74) is 0.855. The first kappa shape index (κ1) is 11.5. The fourth-order valence-corrected chi connectivity index (χ4v) is 2.07. The molecule has 0 bridgehead atoms. The number of aromatic nitrogens is 2.